The van der Waals surface area contributed by atoms with Gasteiger partial charge in [-0.3, -0.25) is 29.5 Å². The average molecular weight is 1170 g/mol. The van der Waals surface area contributed by atoms with E-state index < -0.39 is 70.2 Å². The number of esters is 1. The van der Waals surface area contributed by atoms with E-state index in [1.807, 2.05) is 85.7 Å². The van der Waals surface area contributed by atoms with Gasteiger partial charge in [0.25, 0.3) is 11.8 Å². The van der Waals surface area contributed by atoms with Gasteiger partial charge in [0.1, 0.15) is 51.1 Å². The van der Waals surface area contributed by atoms with E-state index in [1.165, 1.54) is 18.2 Å². The Balaban J connectivity index is 0.000000199. The summed E-state index contributed by atoms with van der Waals surface area (Å²) in [7, 11) is 1.18. The van der Waals surface area contributed by atoms with Crippen LogP contribution in [-0.2, 0) is 27.2 Å². The molecule has 0 saturated heterocycles. The van der Waals surface area contributed by atoms with Crippen molar-refractivity contribution in [2.24, 2.45) is 0 Å². The second kappa shape index (κ2) is 26.0. The Morgan fingerprint density at radius 1 is 0.519 bits per heavy atom. The van der Waals surface area contributed by atoms with Gasteiger partial charge in [0.2, 0.25) is 0 Å². The lowest BCUT2D eigenvalue weighted by Gasteiger charge is -2.19. The first kappa shape index (κ1) is 59.9. The van der Waals surface area contributed by atoms with E-state index in [1.54, 1.807) is 30.6 Å². The molecule has 3 N–H and O–H groups in total. The molecule has 9 rings (SSSR count). The van der Waals surface area contributed by atoms with Crippen molar-refractivity contribution in [3.63, 3.8) is 0 Å². The summed E-state index contributed by atoms with van der Waals surface area (Å²) in [6.07, 6.45) is 3.23. The lowest BCUT2D eigenvalue weighted by molar-refractivity contribution is -0.143. The van der Waals surface area contributed by atoms with Gasteiger partial charge in [-0.25, -0.2) is 32.1 Å². The number of carbonyl (C=O) groups excluding carboxylic acids is 3. The molecule has 9 aromatic rings. The Hall–Kier alpha value is -8.77. The Kier molecular flexibility index (Phi) is 19.2. The predicted molar refractivity (Wildman–Crippen MR) is 307 cm³/mol. The SMILES string of the molecule is COC(=O)[C@H](Cc1ccc(-c2nc(C)c(C)cc2C)c2ncccc12)NC(=O)c1c(F)cccc1F.Cc1cc(C)c(-c2ccc(C[C@H](NC(=O)c3c(F)cccc3F)C(=O)O)c3cccnc23)nc1C.Cc1cc(C)c(Br)nc1C. The number of nitrogens with zero attached hydrogens (tertiary/aromatic N) is 5. The van der Waals surface area contributed by atoms with Gasteiger partial charge in [0.05, 0.1) is 29.5 Å². The minimum absolute atomic E-state index is 0.0241. The third-order valence-corrected chi connectivity index (χ3v) is 14.6. The van der Waals surface area contributed by atoms with Crippen LogP contribution in [0.25, 0.3) is 44.3 Å². The van der Waals surface area contributed by atoms with Gasteiger partial charge in [-0.1, -0.05) is 66.7 Å². The summed E-state index contributed by atoms with van der Waals surface area (Å²) in [5.74, 6) is -8.44. The van der Waals surface area contributed by atoms with Gasteiger partial charge in [0, 0.05) is 64.2 Å². The van der Waals surface area contributed by atoms with E-state index in [0.29, 0.717) is 27.5 Å². The zero-order chi connectivity index (χ0) is 59.0. The molecule has 0 unspecified atom stereocenters. The normalized spacial score (nSPS) is 11.6. The summed E-state index contributed by atoms with van der Waals surface area (Å²) < 4.78 is 62.1. The molecule has 0 aliphatic heterocycles. The minimum Gasteiger partial charge on any atom is -0.480 e. The maximum Gasteiger partial charge on any atom is 0.328 e. The number of halogens is 5. The van der Waals surface area contributed by atoms with Crippen molar-refractivity contribution in [3.8, 4) is 22.5 Å². The van der Waals surface area contributed by atoms with Crippen molar-refractivity contribution < 1.29 is 46.6 Å². The molecule has 0 aliphatic rings. The Labute approximate surface area is 474 Å². The van der Waals surface area contributed by atoms with Crippen molar-refractivity contribution in [2.45, 2.75) is 87.2 Å². The highest BCUT2D eigenvalue weighted by atomic mass is 79.9. The largest absolute Gasteiger partial charge is 0.480 e. The van der Waals surface area contributed by atoms with Crippen LogP contribution in [0.3, 0.4) is 0 Å². The van der Waals surface area contributed by atoms with Crippen molar-refractivity contribution >= 4 is 61.5 Å². The highest BCUT2D eigenvalue weighted by Crippen LogP contribution is 2.34. The van der Waals surface area contributed by atoms with E-state index in [2.05, 4.69) is 66.6 Å². The molecular weight excluding hydrogens is 1110 g/mol. The average Bonchev–Trinajstić information content (AvgIpc) is 3.46. The van der Waals surface area contributed by atoms with Crippen LogP contribution in [0.4, 0.5) is 17.6 Å². The summed E-state index contributed by atoms with van der Waals surface area (Å²) in [5, 5.41) is 15.9. The highest BCUT2D eigenvalue weighted by molar-refractivity contribution is 9.10. The number of ether oxygens (including phenoxy) is 1. The monoisotopic (exact) mass is 1160 g/mol. The molecule has 0 fully saturated rings. The summed E-state index contributed by atoms with van der Waals surface area (Å²) >= 11 is 3.37. The number of aryl methyl sites for hydroxylation is 9. The first-order valence-electron chi connectivity index (χ1n) is 25.5. The summed E-state index contributed by atoms with van der Waals surface area (Å²) in [5.41, 5.74) is 13.8. The molecule has 18 heteroatoms. The number of amides is 2. The van der Waals surface area contributed by atoms with Crippen molar-refractivity contribution in [1.82, 2.24) is 35.6 Å². The quantitative estimate of drug-likeness (QED) is 0.0600. The number of hydrogen-bond acceptors (Lipinski definition) is 10. The number of carboxylic acids is 1. The van der Waals surface area contributed by atoms with E-state index in [9.17, 15) is 41.8 Å². The van der Waals surface area contributed by atoms with E-state index in [0.717, 1.165) is 108 Å². The third-order valence-electron chi connectivity index (χ3n) is 13.8. The van der Waals surface area contributed by atoms with Crippen LogP contribution >= 0.6 is 15.9 Å². The molecule has 0 saturated carbocycles. The molecule has 2 atom stereocenters. The molecule has 5 heterocycles. The molecule has 416 valence electrons. The molecule has 4 aromatic carbocycles. The summed E-state index contributed by atoms with van der Waals surface area (Å²) in [6, 6.07) is 24.3. The Morgan fingerprint density at radius 3 is 1.30 bits per heavy atom. The van der Waals surface area contributed by atoms with Crippen LogP contribution in [0.15, 0.2) is 120 Å². The number of hydrogen-bond donors (Lipinski definition) is 3. The van der Waals surface area contributed by atoms with Crippen LogP contribution in [-0.4, -0.2) is 73.0 Å². The number of pyridine rings is 5. The maximum absolute atomic E-state index is 14.1. The number of methoxy groups -OCH3 is 1. The van der Waals surface area contributed by atoms with Gasteiger partial charge >= 0.3 is 11.9 Å². The molecule has 0 spiro atoms. The predicted octanol–water partition coefficient (Wildman–Crippen LogP) is 12.7. The van der Waals surface area contributed by atoms with Gasteiger partial charge in [-0.2, -0.15) is 0 Å². The van der Waals surface area contributed by atoms with Crippen LogP contribution in [0, 0.1) is 85.6 Å². The first-order chi connectivity index (χ1) is 38.5. The fourth-order valence-electron chi connectivity index (χ4n) is 9.11. The number of aromatic nitrogens is 5. The Bertz CT molecular complexity index is 3830. The van der Waals surface area contributed by atoms with Gasteiger partial charge < -0.3 is 20.5 Å². The van der Waals surface area contributed by atoms with E-state index in [-0.39, 0.29) is 12.8 Å². The van der Waals surface area contributed by atoms with Gasteiger partial charge in [-0.15, -0.1) is 0 Å². The Morgan fingerprint density at radius 2 is 0.901 bits per heavy atom. The van der Waals surface area contributed by atoms with Crippen molar-refractivity contribution in [3.05, 3.63) is 216 Å². The second-order valence-corrected chi connectivity index (χ2v) is 20.2. The smallest absolute Gasteiger partial charge is 0.328 e. The van der Waals surface area contributed by atoms with E-state index >= 15 is 0 Å². The molecule has 0 radical (unpaired) electrons. The fraction of sp³-hybridized carbons (Fsp3) is 0.222. The molecule has 2 amide bonds. The zero-order valence-electron chi connectivity index (χ0n) is 46.2. The number of aliphatic carboxylic acids is 1. The molecule has 81 heavy (non-hydrogen) atoms. The zero-order valence-corrected chi connectivity index (χ0v) is 47.7. The minimum atomic E-state index is -1.42. The number of nitrogens with one attached hydrogen (secondary N) is 2. The lowest BCUT2D eigenvalue weighted by atomic mass is 9.95. The topological polar surface area (TPSA) is 186 Å². The molecular formula is C63H58BrF4N7O6. The van der Waals surface area contributed by atoms with Crippen LogP contribution in [0.2, 0.25) is 0 Å². The molecule has 0 aliphatic carbocycles. The van der Waals surface area contributed by atoms with Crippen LogP contribution < -0.4 is 10.6 Å². The lowest BCUT2D eigenvalue weighted by Crippen LogP contribution is -2.43. The molecule has 13 nitrogen and oxygen atoms in total. The number of benzene rings is 4. The summed E-state index contributed by atoms with van der Waals surface area (Å²) in [6.45, 7) is 18.0. The number of carboxylic acid groups (broad SMARTS) is 1. The first-order valence-corrected chi connectivity index (χ1v) is 26.3. The van der Waals surface area contributed by atoms with Gasteiger partial charge in [0.15, 0.2) is 0 Å². The van der Waals surface area contributed by atoms with Crippen LogP contribution in [0.5, 0.6) is 0 Å². The van der Waals surface area contributed by atoms with Gasteiger partial charge in [-0.05, 0) is 159 Å². The highest BCUT2D eigenvalue weighted by Gasteiger charge is 2.29. The second-order valence-electron chi connectivity index (χ2n) is 19.5. The van der Waals surface area contributed by atoms with Crippen LogP contribution in [0.1, 0.15) is 82.3 Å². The molecule has 5 aromatic heterocycles. The van der Waals surface area contributed by atoms with Crippen molar-refractivity contribution in [2.75, 3.05) is 7.11 Å². The summed E-state index contributed by atoms with van der Waals surface area (Å²) in [4.78, 5) is 72.6. The molecule has 0 bridgehead atoms. The van der Waals surface area contributed by atoms with Crippen molar-refractivity contribution in [1.29, 1.82) is 0 Å². The number of fused-ring (bicyclic) bond motifs is 2. The number of carbonyl (C=O) groups is 4. The third kappa shape index (κ3) is 13.8. The number of rotatable bonds is 12. The fourth-order valence-corrected chi connectivity index (χ4v) is 9.49. The maximum atomic E-state index is 14.1. The standard InChI is InChI=1S/C28H25F2N3O3.C27H23F2N3O3.C8H10BrN/c1-15-13-16(2)25(32-17(15)3)20-11-10-18(19-7-6-12-31-26(19)20)14-23(28(35)36-4)33-27(34)24-21(29)8-5-9-22(24)30;1-14-12-15(2)24(31-16(14)3)19-10-9-17(18-6-5-11-30-25(18)19)13-22(27(34)35)32-26(33)23-20(28)7-4-8-21(23)29;1-5-4-6(2)8(9)10-7(5)3/h5-13,23H,14H2,1-4H3,(H,33,34);4-12,22H,13H2,1-3H3,(H,32,33)(H,34,35);4H,1-3H3/t23-;22-;/m00./s1. The van der Waals surface area contributed by atoms with E-state index in [4.69, 9.17) is 14.7 Å².